The summed E-state index contributed by atoms with van der Waals surface area (Å²) in [4.78, 5) is 8.85. The van der Waals surface area contributed by atoms with Crippen LogP contribution in [-0.2, 0) is 6.54 Å². The minimum atomic E-state index is -0.197. The van der Waals surface area contributed by atoms with Crippen molar-refractivity contribution in [3.63, 3.8) is 0 Å². The average molecular weight is 508 g/mol. The molecule has 8 heteroatoms. The first-order valence-corrected chi connectivity index (χ1v) is 9.32. The summed E-state index contributed by atoms with van der Waals surface area (Å²) in [7, 11) is 0. The molecule has 0 bridgehead atoms. The zero-order valence-electron chi connectivity index (χ0n) is 16.7. The van der Waals surface area contributed by atoms with Crippen molar-refractivity contribution in [3.05, 3.63) is 71.3 Å². The van der Waals surface area contributed by atoms with Crippen molar-refractivity contribution in [2.24, 2.45) is 4.99 Å². The van der Waals surface area contributed by atoms with Crippen LogP contribution in [0.2, 0.25) is 0 Å². The second-order valence-corrected chi connectivity index (χ2v) is 6.60. The van der Waals surface area contributed by atoms with Gasteiger partial charge in [-0.25, -0.2) is 14.4 Å². The van der Waals surface area contributed by atoms with Crippen LogP contribution in [0.15, 0.2) is 53.8 Å². The zero-order chi connectivity index (χ0) is 19.9. The highest BCUT2D eigenvalue weighted by molar-refractivity contribution is 14.0. The van der Waals surface area contributed by atoms with Gasteiger partial charge in [0.2, 0.25) is 0 Å². The summed E-state index contributed by atoms with van der Waals surface area (Å²) in [6, 6.07) is 13.2. The lowest BCUT2D eigenvalue weighted by Gasteiger charge is -2.18. The van der Waals surface area contributed by atoms with E-state index in [9.17, 15) is 4.39 Å². The molecule has 0 spiro atoms. The van der Waals surface area contributed by atoms with Crippen molar-refractivity contribution in [1.29, 1.82) is 0 Å². The average Bonchev–Trinajstić information content (AvgIpc) is 3.23. The molecule has 0 radical (unpaired) electrons. The summed E-state index contributed by atoms with van der Waals surface area (Å²) < 4.78 is 13.9. The van der Waals surface area contributed by atoms with E-state index in [0.717, 1.165) is 29.1 Å². The molecule has 0 aliphatic rings. The molecule has 0 aliphatic carbocycles. The second-order valence-electron chi connectivity index (χ2n) is 6.60. The van der Waals surface area contributed by atoms with Crippen LogP contribution in [0, 0.1) is 12.7 Å². The highest BCUT2D eigenvalue weighted by atomic mass is 127. The van der Waals surface area contributed by atoms with E-state index in [2.05, 4.69) is 30.8 Å². The highest BCUT2D eigenvalue weighted by Gasteiger charge is 2.10. The first-order chi connectivity index (χ1) is 13.6. The number of benzene rings is 2. The molecule has 0 aliphatic heterocycles. The Morgan fingerprint density at radius 2 is 2.07 bits per heavy atom. The number of rotatable bonds is 6. The summed E-state index contributed by atoms with van der Waals surface area (Å²) in [5.74, 6) is 1.21. The minimum absolute atomic E-state index is 0. The van der Waals surface area contributed by atoms with Gasteiger partial charge in [-0.05, 0) is 49.6 Å². The third kappa shape index (κ3) is 6.25. The van der Waals surface area contributed by atoms with Crippen molar-refractivity contribution in [3.8, 4) is 11.4 Å². The van der Waals surface area contributed by atoms with E-state index in [-0.39, 0.29) is 35.8 Å². The molecular weight excluding hydrogens is 482 g/mol. The number of nitrogens with zero attached hydrogens (tertiary/aromatic N) is 3. The molecule has 3 rings (SSSR count). The first-order valence-electron chi connectivity index (χ1n) is 9.32. The second kappa shape index (κ2) is 10.9. The van der Waals surface area contributed by atoms with Gasteiger partial charge in [0.05, 0.1) is 12.6 Å². The Bertz CT molecular complexity index is 942. The summed E-state index contributed by atoms with van der Waals surface area (Å²) in [6.07, 6.45) is 1.49. The summed E-state index contributed by atoms with van der Waals surface area (Å²) in [5.41, 5.74) is 3.54. The third-order valence-electron chi connectivity index (χ3n) is 4.43. The van der Waals surface area contributed by atoms with Gasteiger partial charge in [-0.3, -0.25) is 5.10 Å². The molecule has 1 heterocycles. The van der Waals surface area contributed by atoms with E-state index in [0.29, 0.717) is 18.1 Å². The number of aromatic amines is 1. The highest BCUT2D eigenvalue weighted by Crippen LogP contribution is 2.17. The van der Waals surface area contributed by atoms with Crippen LogP contribution in [0.1, 0.15) is 36.6 Å². The summed E-state index contributed by atoms with van der Waals surface area (Å²) in [5, 5.41) is 13.3. The first kappa shape index (κ1) is 22.8. The number of H-pyrrole nitrogens is 1. The number of aryl methyl sites for hydroxylation is 1. The Morgan fingerprint density at radius 1 is 1.24 bits per heavy atom. The lowest BCUT2D eigenvalue weighted by Crippen LogP contribution is -2.38. The topological polar surface area (TPSA) is 78.0 Å². The maximum atomic E-state index is 13.9. The lowest BCUT2D eigenvalue weighted by molar-refractivity contribution is 0.607. The maximum Gasteiger partial charge on any atom is 0.192 e. The fourth-order valence-electron chi connectivity index (χ4n) is 2.82. The van der Waals surface area contributed by atoms with Crippen LogP contribution in [0.3, 0.4) is 0 Å². The van der Waals surface area contributed by atoms with Crippen LogP contribution in [0.5, 0.6) is 0 Å². The van der Waals surface area contributed by atoms with Gasteiger partial charge >= 0.3 is 0 Å². The van der Waals surface area contributed by atoms with Gasteiger partial charge < -0.3 is 10.6 Å². The Morgan fingerprint density at radius 3 is 2.76 bits per heavy atom. The molecule has 2 aromatic carbocycles. The predicted molar refractivity (Wildman–Crippen MR) is 125 cm³/mol. The van der Waals surface area contributed by atoms with Gasteiger partial charge in [0.25, 0.3) is 0 Å². The van der Waals surface area contributed by atoms with E-state index in [1.165, 1.54) is 6.33 Å². The Balaban J connectivity index is 0.00000300. The Hall–Kier alpha value is -2.49. The van der Waals surface area contributed by atoms with Crippen LogP contribution in [0.25, 0.3) is 11.4 Å². The van der Waals surface area contributed by atoms with Gasteiger partial charge in [-0.2, -0.15) is 5.10 Å². The number of aliphatic imine (C=N–C) groups is 1. The molecule has 3 aromatic rings. The molecule has 6 nitrogen and oxygen atoms in total. The number of hydrogen-bond acceptors (Lipinski definition) is 3. The van der Waals surface area contributed by atoms with Crippen LogP contribution in [0.4, 0.5) is 4.39 Å². The largest absolute Gasteiger partial charge is 0.357 e. The number of guanidine groups is 1. The zero-order valence-corrected chi connectivity index (χ0v) is 19.1. The van der Waals surface area contributed by atoms with E-state index in [4.69, 9.17) is 0 Å². The van der Waals surface area contributed by atoms with Crippen molar-refractivity contribution in [2.45, 2.75) is 33.4 Å². The molecule has 0 fully saturated rings. The fourth-order valence-corrected chi connectivity index (χ4v) is 2.82. The molecule has 0 saturated carbocycles. The number of nitrogens with one attached hydrogen (secondary N) is 3. The summed E-state index contributed by atoms with van der Waals surface area (Å²) in [6.45, 7) is 7.00. The Labute approximate surface area is 187 Å². The van der Waals surface area contributed by atoms with E-state index in [1.807, 2.05) is 44.2 Å². The number of hydrogen-bond donors (Lipinski definition) is 3. The SMILES string of the molecule is CCNC(=NCc1cccc(-c2ncn[nH]2)c1)NC(C)c1ccc(C)c(F)c1.I. The van der Waals surface area contributed by atoms with Crippen molar-refractivity contribution < 1.29 is 4.39 Å². The quantitative estimate of drug-likeness (QED) is 0.263. The molecule has 1 unspecified atom stereocenters. The molecule has 1 aromatic heterocycles. The minimum Gasteiger partial charge on any atom is -0.357 e. The normalized spacial score (nSPS) is 12.2. The van der Waals surface area contributed by atoms with E-state index in [1.54, 1.807) is 19.1 Å². The fraction of sp³-hybridized carbons (Fsp3) is 0.286. The Kier molecular flexibility index (Phi) is 8.56. The summed E-state index contributed by atoms with van der Waals surface area (Å²) >= 11 is 0. The van der Waals surface area contributed by atoms with Crippen molar-refractivity contribution >= 4 is 29.9 Å². The lowest BCUT2D eigenvalue weighted by atomic mass is 10.1. The smallest absolute Gasteiger partial charge is 0.192 e. The standard InChI is InChI=1S/C21H25FN6.HI/c1-4-23-21(27-15(3)17-9-8-14(2)19(22)11-17)24-12-16-6-5-7-18(10-16)20-25-13-26-28-20;/h5-11,13,15H,4,12H2,1-3H3,(H2,23,24,27)(H,25,26,28);1H. The van der Waals surface area contributed by atoms with E-state index < -0.39 is 0 Å². The van der Waals surface area contributed by atoms with Crippen molar-refractivity contribution in [2.75, 3.05) is 6.54 Å². The molecule has 29 heavy (non-hydrogen) atoms. The van der Waals surface area contributed by atoms with Crippen molar-refractivity contribution in [1.82, 2.24) is 25.8 Å². The molecule has 154 valence electrons. The number of halogens is 2. The van der Waals surface area contributed by atoms with Gasteiger partial charge in [-0.15, -0.1) is 24.0 Å². The predicted octanol–water partition coefficient (Wildman–Crippen LogP) is 4.35. The molecular formula is C21H26FIN6. The molecule has 3 N–H and O–H groups in total. The molecule has 0 saturated heterocycles. The maximum absolute atomic E-state index is 13.9. The van der Waals surface area contributed by atoms with Crippen LogP contribution in [-0.4, -0.2) is 27.7 Å². The van der Waals surface area contributed by atoms with E-state index >= 15 is 0 Å². The monoisotopic (exact) mass is 508 g/mol. The number of aromatic nitrogens is 3. The molecule has 0 amide bonds. The van der Waals surface area contributed by atoms with Gasteiger partial charge in [-0.1, -0.05) is 30.3 Å². The van der Waals surface area contributed by atoms with Crippen LogP contribution < -0.4 is 10.6 Å². The van der Waals surface area contributed by atoms with Crippen LogP contribution >= 0.6 is 24.0 Å². The van der Waals surface area contributed by atoms with Gasteiger partial charge in [0, 0.05) is 12.1 Å². The molecule has 1 atom stereocenters. The van der Waals surface area contributed by atoms with Gasteiger partial charge in [0.1, 0.15) is 12.1 Å². The van der Waals surface area contributed by atoms with Gasteiger partial charge in [0.15, 0.2) is 11.8 Å². The third-order valence-corrected chi connectivity index (χ3v) is 4.43.